The number of rotatable bonds is 5. The third-order valence-electron chi connectivity index (χ3n) is 2.18. The van der Waals surface area contributed by atoms with Crippen LogP contribution in [0.3, 0.4) is 0 Å². The maximum atomic E-state index is 13.1. The second-order valence-corrected chi connectivity index (χ2v) is 3.75. The average molecular weight is 407 g/mol. The van der Waals surface area contributed by atoms with Gasteiger partial charge in [0, 0.05) is 0 Å². The predicted molar refractivity (Wildman–Crippen MR) is 47.7 cm³/mol. The Morgan fingerprint density at radius 3 is 1.12 bits per heavy atom. The van der Waals surface area contributed by atoms with E-state index in [1.54, 1.807) is 0 Å². The molecule has 0 aliphatic rings. The van der Waals surface area contributed by atoms with Gasteiger partial charge >= 0.3 is 30.2 Å². The zero-order valence-corrected chi connectivity index (χ0v) is 10.6. The van der Waals surface area contributed by atoms with Crippen molar-refractivity contribution in [3.05, 3.63) is 35.1 Å². The molecule has 0 saturated carbocycles. The number of allylic oxidation sites excluding steroid dienone is 3. The summed E-state index contributed by atoms with van der Waals surface area (Å²) in [5.74, 6) is -22.4. The minimum atomic E-state index is -7.11. The van der Waals surface area contributed by atoms with E-state index < -0.39 is 58.5 Å². The Balaban J connectivity index is 7.26. The Labute approximate surface area is 126 Å². The van der Waals surface area contributed by atoms with E-state index in [0.717, 1.165) is 0 Å². The van der Waals surface area contributed by atoms with Gasteiger partial charge in [0.1, 0.15) is 5.57 Å². The lowest BCUT2D eigenvalue weighted by Crippen LogP contribution is -2.40. The molecule has 0 aromatic heterocycles. The minimum Gasteiger partial charge on any atom is -0.199 e. The summed E-state index contributed by atoms with van der Waals surface area (Å²) in [6, 6.07) is 0. The first-order valence-corrected chi connectivity index (χ1v) is 5.02. The Hall–Kier alpha value is -2.03. The van der Waals surface area contributed by atoms with E-state index in [-0.39, 0.29) is 0 Å². The zero-order valence-electron chi connectivity index (χ0n) is 10.6. The molecular weight excluding hydrogens is 407 g/mol. The topological polar surface area (TPSA) is 3.24 Å². The number of nitrogens with zero attached hydrogens (tertiary/aromatic N) is 1. The van der Waals surface area contributed by atoms with Crippen molar-refractivity contribution in [2.75, 3.05) is 0 Å². The summed E-state index contributed by atoms with van der Waals surface area (Å²) < 4.78 is 187. The molecule has 0 radical (unpaired) electrons. The summed E-state index contributed by atoms with van der Waals surface area (Å²) in [4.78, 5) is 0. The maximum absolute atomic E-state index is 13.1. The van der Waals surface area contributed by atoms with Gasteiger partial charge in [-0.25, -0.2) is 0 Å². The highest BCUT2D eigenvalue weighted by Crippen LogP contribution is 2.51. The van der Waals surface area contributed by atoms with Gasteiger partial charge < -0.3 is 0 Å². The molecule has 0 saturated heterocycles. The molecule has 0 amide bonds. The van der Waals surface area contributed by atoms with Crippen LogP contribution in [0.2, 0.25) is 0 Å². The Bertz CT molecular complexity index is 599. The van der Waals surface area contributed by atoms with Crippen LogP contribution in [0.15, 0.2) is 35.1 Å². The molecule has 0 aromatic rings. The number of alkyl halides is 7. The first-order chi connectivity index (χ1) is 10.9. The van der Waals surface area contributed by atoms with Crippen LogP contribution in [0.5, 0.6) is 0 Å². The van der Waals surface area contributed by atoms with Crippen LogP contribution < -0.4 is 0 Å². The van der Waals surface area contributed by atoms with Crippen molar-refractivity contribution >= 4 is 0 Å². The van der Waals surface area contributed by atoms with Crippen molar-refractivity contribution in [3.63, 3.8) is 0 Å². The summed E-state index contributed by atoms with van der Waals surface area (Å²) in [5.41, 5.74) is -9.25. The summed E-state index contributed by atoms with van der Waals surface area (Å²) in [6.07, 6.45) is -15.5. The number of hydrogen-bond donors (Lipinski definition) is 0. The molecule has 0 bridgehead atoms. The molecule has 0 atom stereocenters. The first-order valence-electron chi connectivity index (χ1n) is 5.02. The summed E-state index contributed by atoms with van der Waals surface area (Å²) in [6.45, 7) is 0. The Morgan fingerprint density at radius 1 is 0.560 bits per heavy atom. The highest BCUT2D eigenvalue weighted by molar-refractivity contribution is 5.38. The largest absolute Gasteiger partial charge is 0.421 e. The third kappa shape index (κ3) is 4.53. The molecular formula is C9F15N. The fraction of sp³-hybridized carbons (Fsp3) is 0.333. The van der Waals surface area contributed by atoms with E-state index in [1.165, 1.54) is 0 Å². The highest BCUT2D eigenvalue weighted by atomic mass is 19.4. The maximum Gasteiger partial charge on any atom is 0.421 e. The van der Waals surface area contributed by atoms with Crippen LogP contribution >= 0.6 is 0 Å². The van der Waals surface area contributed by atoms with Crippen molar-refractivity contribution in [2.24, 2.45) is 0 Å². The molecule has 0 fully saturated rings. The van der Waals surface area contributed by atoms with Crippen molar-refractivity contribution in [1.29, 1.82) is 0 Å². The van der Waals surface area contributed by atoms with Crippen LogP contribution in [0.4, 0.5) is 66.0 Å². The van der Waals surface area contributed by atoms with Crippen LogP contribution in [-0.2, 0) is 0 Å². The van der Waals surface area contributed by atoms with E-state index in [0.29, 0.717) is 0 Å². The van der Waals surface area contributed by atoms with Crippen molar-refractivity contribution < 1.29 is 66.0 Å². The molecule has 16 heteroatoms. The van der Waals surface area contributed by atoms with Crippen LogP contribution in [0.25, 0.3) is 0 Å². The Morgan fingerprint density at radius 2 is 0.880 bits per heavy atom. The van der Waals surface area contributed by atoms with Gasteiger partial charge in [0.05, 0.1) is 0 Å². The Kier molecular flexibility index (Phi) is 6.49. The van der Waals surface area contributed by atoms with E-state index in [9.17, 15) is 66.0 Å². The molecule has 0 spiro atoms. The smallest absolute Gasteiger partial charge is 0.199 e. The number of halogens is 15. The lowest BCUT2D eigenvalue weighted by atomic mass is 10.0. The molecule has 0 aromatic carbocycles. The van der Waals surface area contributed by atoms with E-state index in [1.807, 2.05) is 0 Å². The second kappa shape index (κ2) is 7.07. The standard InChI is InChI=1S/C9F15N/c10-2(5(12)13)7(16,17)1(9(20,21)22)4(25(23)24)8(18,19)3(11)6(14)15. The molecule has 146 valence electrons. The lowest BCUT2D eigenvalue weighted by Gasteiger charge is -2.27. The van der Waals surface area contributed by atoms with Crippen LogP contribution in [-0.4, -0.2) is 23.4 Å². The van der Waals surface area contributed by atoms with Gasteiger partial charge in [0.25, 0.3) is 0 Å². The summed E-state index contributed by atoms with van der Waals surface area (Å²) >= 11 is 0. The molecule has 1 nitrogen and oxygen atoms in total. The van der Waals surface area contributed by atoms with Gasteiger partial charge in [-0.3, -0.25) is 0 Å². The van der Waals surface area contributed by atoms with Gasteiger partial charge in [-0.05, 0) is 5.34 Å². The molecule has 0 unspecified atom stereocenters. The van der Waals surface area contributed by atoms with Crippen molar-refractivity contribution in [1.82, 2.24) is 5.34 Å². The number of hydrogen-bond acceptors (Lipinski definition) is 1. The third-order valence-corrected chi connectivity index (χ3v) is 2.18. The predicted octanol–water partition coefficient (Wildman–Crippen LogP) is 6.30. The summed E-state index contributed by atoms with van der Waals surface area (Å²) in [5, 5.41) is -3.58. The monoisotopic (exact) mass is 407 g/mol. The lowest BCUT2D eigenvalue weighted by molar-refractivity contribution is -0.178. The van der Waals surface area contributed by atoms with E-state index in [4.69, 9.17) is 0 Å². The normalized spacial score (nSPS) is 14.0. The van der Waals surface area contributed by atoms with Crippen LogP contribution in [0.1, 0.15) is 0 Å². The summed E-state index contributed by atoms with van der Waals surface area (Å²) in [7, 11) is 0. The van der Waals surface area contributed by atoms with Gasteiger partial charge in [-0.2, -0.15) is 57.1 Å². The molecule has 0 heterocycles. The van der Waals surface area contributed by atoms with Gasteiger partial charge in [0.15, 0.2) is 5.70 Å². The van der Waals surface area contributed by atoms with Crippen molar-refractivity contribution in [3.8, 4) is 0 Å². The molecule has 0 rings (SSSR count). The zero-order chi connectivity index (χ0) is 20.5. The second-order valence-electron chi connectivity index (χ2n) is 3.75. The fourth-order valence-electron chi connectivity index (χ4n) is 1.26. The first kappa shape index (κ1) is 23.0. The molecule has 0 aliphatic carbocycles. The highest BCUT2D eigenvalue weighted by Gasteiger charge is 2.63. The average Bonchev–Trinajstić information content (AvgIpc) is 2.40. The minimum absolute atomic E-state index is 3.58. The fourth-order valence-corrected chi connectivity index (χ4v) is 1.26. The van der Waals surface area contributed by atoms with Crippen LogP contribution in [0, 0.1) is 0 Å². The molecule has 0 N–H and O–H groups in total. The van der Waals surface area contributed by atoms with Gasteiger partial charge in [-0.15, -0.1) is 0 Å². The SMILES string of the molecule is FC(F)=C(F)C(F)(F)C(=C(C(F)(F)F)C(F)(F)C(F)=C(F)F)N(F)F. The quantitative estimate of drug-likeness (QED) is 0.382. The van der Waals surface area contributed by atoms with Crippen molar-refractivity contribution in [2.45, 2.75) is 18.0 Å². The van der Waals surface area contributed by atoms with E-state index >= 15 is 0 Å². The van der Waals surface area contributed by atoms with Gasteiger partial charge in [-0.1, -0.05) is 8.96 Å². The molecule has 25 heavy (non-hydrogen) atoms. The molecule has 0 aliphatic heterocycles. The van der Waals surface area contributed by atoms with E-state index in [2.05, 4.69) is 0 Å². The van der Waals surface area contributed by atoms with Gasteiger partial charge in [0.2, 0.25) is 11.7 Å².